The highest BCUT2D eigenvalue weighted by atomic mass is 16.5. The number of nitrogens with zero attached hydrogens (tertiary/aromatic N) is 2. The van der Waals surface area contributed by atoms with E-state index in [4.69, 9.17) is 14.5 Å². The summed E-state index contributed by atoms with van der Waals surface area (Å²) in [6, 6.07) is 14.3. The standard InChI is InChI=1S/C20H25N3O2/c1-5-23-18-9-7-6-8-17(18)22-20(23)13-21-14(2)16-11-10-15(24-3)12-19(16)25-4/h6-12,14,21H,5,13H2,1-4H3. The number of rotatable bonds is 7. The maximum Gasteiger partial charge on any atom is 0.127 e. The summed E-state index contributed by atoms with van der Waals surface area (Å²) in [5.41, 5.74) is 3.31. The van der Waals surface area contributed by atoms with Crippen LogP contribution in [0.25, 0.3) is 11.0 Å². The molecule has 0 amide bonds. The van der Waals surface area contributed by atoms with Gasteiger partial charge in [0.25, 0.3) is 0 Å². The van der Waals surface area contributed by atoms with Gasteiger partial charge in [-0.1, -0.05) is 18.2 Å². The summed E-state index contributed by atoms with van der Waals surface area (Å²) < 4.78 is 13.0. The third-order valence-corrected chi connectivity index (χ3v) is 4.52. The average molecular weight is 339 g/mol. The molecule has 0 radical (unpaired) electrons. The van der Waals surface area contributed by atoms with E-state index in [0.29, 0.717) is 6.54 Å². The maximum atomic E-state index is 5.51. The van der Waals surface area contributed by atoms with Crippen LogP contribution in [-0.4, -0.2) is 23.8 Å². The molecule has 3 aromatic rings. The number of para-hydroxylation sites is 2. The molecular weight excluding hydrogens is 314 g/mol. The first-order valence-electron chi connectivity index (χ1n) is 8.57. The fourth-order valence-electron chi connectivity index (χ4n) is 3.14. The van der Waals surface area contributed by atoms with Crippen molar-refractivity contribution in [2.45, 2.75) is 33.0 Å². The van der Waals surface area contributed by atoms with Crippen molar-refractivity contribution in [3.8, 4) is 11.5 Å². The van der Waals surface area contributed by atoms with Crippen molar-refractivity contribution in [3.05, 3.63) is 53.9 Å². The fraction of sp³-hybridized carbons (Fsp3) is 0.350. The van der Waals surface area contributed by atoms with E-state index >= 15 is 0 Å². The van der Waals surface area contributed by atoms with Crippen molar-refractivity contribution in [3.63, 3.8) is 0 Å². The van der Waals surface area contributed by atoms with E-state index in [1.165, 1.54) is 5.52 Å². The molecule has 0 fully saturated rings. The van der Waals surface area contributed by atoms with Crippen LogP contribution in [0.3, 0.4) is 0 Å². The van der Waals surface area contributed by atoms with Crippen LogP contribution in [-0.2, 0) is 13.1 Å². The molecule has 1 heterocycles. The minimum absolute atomic E-state index is 0.131. The Hall–Kier alpha value is -2.53. The minimum Gasteiger partial charge on any atom is -0.497 e. The third kappa shape index (κ3) is 3.46. The second-order valence-corrected chi connectivity index (χ2v) is 5.97. The molecule has 0 aliphatic carbocycles. The number of aryl methyl sites for hydroxylation is 1. The third-order valence-electron chi connectivity index (χ3n) is 4.52. The van der Waals surface area contributed by atoms with Gasteiger partial charge in [-0.3, -0.25) is 0 Å². The first-order chi connectivity index (χ1) is 12.2. The van der Waals surface area contributed by atoms with Crippen LogP contribution < -0.4 is 14.8 Å². The van der Waals surface area contributed by atoms with E-state index in [9.17, 15) is 0 Å². The fourth-order valence-corrected chi connectivity index (χ4v) is 3.14. The average Bonchev–Trinajstić information content (AvgIpc) is 3.02. The summed E-state index contributed by atoms with van der Waals surface area (Å²) >= 11 is 0. The quantitative estimate of drug-likeness (QED) is 0.709. The van der Waals surface area contributed by atoms with E-state index in [1.54, 1.807) is 14.2 Å². The Bertz CT molecular complexity index is 857. The van der Waals surface area contributed by atoms with Crippen LogP contribution in [0.4, 0.5) is 0 Å². The highest BCUT2D eigenvalue weighted by Crippen LogP contribution is 2.29. The van der Waals surface area contributed by atoms with Crippen LogP contribution in [0.15, 0.2) is 42.5 Å². The predicted octanol–water partition coefficient (Wildman–Crippen LogP) is 3.92. The van der Waals surface area contributed by atoms with Gasteiger partial charge in [-0.2, -0.15) is 0 Å². The van der Waals surface area contributed by atoms with Crippen LogP contribution in [0.1, 0.15) is 31.3 Å². The highest BCUT2D eigenvalue weighted by molar-refractivity contribution is 5.75. The molecule has 5 heteroatoms. The van der Waals surface area contributed by atoms with E-state index in [0.717, 1.165) is 34.9 Å². The number of methoxy groups -OCH3 is 2. The molecule has 2 aromatic carbocycles. The molecule has 0 aliphatic heterocycles. The van der Waals surface area contributed by atoms with Crippen molar-refractivity contribution in [2.75, 3.05) is 14.2 Å². The molecular formula is C20H25N3O2. The van der Waals surface area contributed by atoms with Crippen LogP contribution >= 0.6 is 0 Å². The predicted molar refractivity (Wildman–Crippen MR) is 100 cm³/mol. The number of imidazole rings is 1. The number of ether oxygens (including phenoxy) is 2. The van der Waals surface area contributed by atoms with E-state index in [-0.39, 0.29) is 6.04 Å². The van der Waals surface area contributed by atoms with Gasteiger partial charge in [0.05, 0.1) is 31.8 Å². The topological polar surface area (TPSA) is 48.3 Å². The molecule has 1 N–H and O–H groups in total. The van der Waals surface area contributed by atoms with Crippen molar-refractivity contribution >= 4 is 11.0 Å². The normalized spacial score (nSPS) is 12.3. The molecule has 25 heavy (non-hydrogen) atoms. The number of hydrogen-bond acceptors (Lipinski definition) is 4. The molecule has 1 aromatic heterocycles. The highest BCUT2D eigenvalue weighted by Gasteiger charge is 2.14. The Labute approximate surface area is 148 Å². The van der Waals surface area contributed by atoms with Gasteiger partial charge in [-0.25, -0.2) is 4.98 Å². The van der Waals surface area contributed by atoms with Gasteiger partial charge in [0, 0.05) is 24.2 Å². The lowest BCUT2D eigenvalue weighted by atomic mass is 10.1. The first kappa shape index (κ1) is 17.3. The first-order valence-corrected chi connectivity index (χ1v) is 8.57. The van der Waals surface area contributed by atoms with Gasteiger partial charge in [-0.05, 0) is 32.0 Å². The zero-order chi connectivity index (χ0) is 17.8. The molecule has 0 aliphatic rings. The summed E-state index contributed by atoms with van der Waals surface area (Å²) in [7, 11) is 3.34. The van der Waals surface area contributed by atoms with E-state index < -0.39 is 0 Å². The number of hydrogen-bond donors (Lipinski definition) is 1. The lowest BCUT2D eigenvalue weighted by Crippen LogP contribution is -2.21. The Balaban J connectivity index is 1.80. The Morgan fingerprint density at radius 1 is 1.12 bits per heavy atom. The molecule has 5 nitrogen and oxygen atoms in total. The Kier molecular flexibility index (Phi) is 5.24. The molecule has 3 rings (SSSR count). The molecule has 0 saturated carbocycles. The number of benzene rings is 2. The number of fused-ring (bicyclic) bond motifs is 1. The van der Waals surface area contributed by atoms with Crippen molar-refractivity contribution in [1.29, 1.82) is 0 Å². The second kappa shape index (κ2) is 7.57. The zero-order valence-electron chi connectivity index (χ0n) is 15.2. The molecule has 1 atom stereocenters. The lowest BCUT2D eigenvalue weighted by molar-refractivity contribution is 0.385. The van der Waals surface area contributed by atoms with Gasteiger partial charge in [0.1, 0.15) is 17.3 Å². The summed E-state index contributed by atoms with van der Waals surface area (Å²) in [6.45, 7) is 5.87. The SMILES string of the molecule is CCn1c(CNC(C)c2ccc(OC)cc2OC)nc2ccccc21. The molecule has 0 bridgehead atoms. The largest absolute Gasteiger partial charge is 0.497 e. The molecule has 0 saturated heterocycles. The molecule has 132 valence electrons. The maximum absolute atomic E-state index is 5.51. The number of nitrogens with one attached hydrogen (secondary N) is 1. The zero-order valence-corrected chi connectivity index (χ0v) is 15.2. The second-order valence-electron chi connectivity index (χ2n) is 5.97. The summed E-state index contributed by atoms with van der Waals surface area (Å²) in [6.07, 6.45) is 0. The molecule has 0 spiro atoms. The van der Waals surface area contributed by atoms with Crippen LogP contribution in [0, 0.1) is 0 Å². The van der Waals surface area contributed by atoms with Gasteiger partial charge in [-0.15, -0.1) is 0 Å². The molecule has 1 unspecified atom stereocenters. The van der Waals surface area contributed by atoms with Crippen LogP contribution in [0.2, 0.25) is 0 Å². The minimum atomic E-state index is 0.131. The van der Waals surface area contributed by atoms with Gasteiger partial charge in [0.2, 0.25) is 0 Å². The Morgan fingerprint density at radius 2 is 1.92 bits per heavy atom. The smallest absolute Gasteiger partial charge is 0.127 e. The van der Waals surface area contributed by atoms with Gasteiger partial charge < -0.3 is 19.4 Å². The van der Waals surface area contributed by atoms with E-state index in [1.807, 2.05) is 24.3 Å². The van der Waals surface area contributed by atoms with Crippen molar-refractivity contribution in [2.24, 2.45) is 0 Å². The summed E-state index contributed by atoms with van der Waals surface area (Å²) in [4.78, 5) is 4.77. The van der Waals surface area contributed by atoms with E-state index in [2.05, 4.69) is 41.9 Å². The number of aromatic nitrogens is 2. The van der Waals surface area contributed by atoms with Crippen molar-refractivity contribution < 1.29 is 9.47 Å². The van der Waals surface area contributed by atoms with Crippen LogP contribution in [0.5, 0.6) is 11.5 Å². The monoisotopic (exact) mass is 339 g/mol. The lowest BCUT2D eigenvalue weighted by Gasteiger charge is -2.18. The van der Waals surface area contributed by atoms with Gasteiger partial charge in [0.15, 0.2) is 0 Å². The van der Waals surface area contributed by atoms with Crippen molar-refractivity contribution in [1.82, 2.24) is 14.9 Å². The summed E-state index contributed by atoms with van der Waals surface area (Å²) in [5.74, 6) is 2.66. The summed E-state index contributed by atoms with van der Waals surface area (Å²) in [5, 5.41) is 3.56. The Morgan fingerprint density at radius 3 is 2.64 bits per heavy atom. The van der Waals surface area contributed by atoms with Gasteiger partial charge >= 0.3 is 0 Å².